The van der Waals surface area contributed by atoms with Crippen molar-refractivity contribution in [1.29, 1.82) is 0 Å². The van der Waals surface area contributed by atoms with Crippen molar-refractivity contribution in [3.05, 3.63) is 35.9 Å². The third-order valence-electron chi connectivity index (χ3n) is 4.56. The van der Waals surface area contributed by atoms with Crippen molar-refractivity contribution in [2.24, 2.45) is 0 Å². The Morgan fingerprint density at radius 1 is 1.19 bits per heavy atom. The Kier molecular flexibility index (Phi) is 6.68. The van der Waals surface area contributed by atoms with Gasteiger partial charge in [-0.3, -0.25) is 4.90 Å². The van der Waals surface area contributed by atoms with Gasteiger partial charge in [0.15, 0.2) is 0 Å². The summed E-state index contributed by atoms with van der Waals surface area (Å²) >= 11 is 0. The van der Waals surface area contributed by atoms with Crippen LogP contribution in [0, 0.1) is 0 Å². The van der Waals surface area contributed by atoms with Gasteiger partial charge >= 0.3 is 0 Å². The van der Waals surface area contributed by atoms with E-state index in [0.29, 0.717) is 12.1 Å². The highest BCUT2D eigenvalue weighted by atomic mass is 15.3. The lowest BCUT2D eigenvalue weighted by molar-refractivity contribution is 0.0494. The molecule has 118 valence electrons. The summed E-state index contributed by atoms with van der Waals surface area (Å²) in [4.78, 5) is 5.18. The minimum Gasteiger partial charge on any atom is -0.315 e. The van der Waals surface area contributed by atoms with E-state index in [0.717, 1.165) is 19.6 Å². The second-order valence-electron chi connectivity index (χ2n) is 6.19. The number of benzene rings is 1. The van der Waals surface area contributed by atoms with Gasteiger partial charge in [0.25, 0.3) is 0 Å². The van der Waals surface area contributed by atoms with Crippen LogP contribution in [0.5, 0.6) is 0 Å². The second kappa shape index (κ2) is 8.52. The molecule has 1 aromatic rings. The molecular formula is C18H31N3. The molecule has 0 spiro atoms. The predicted molar refractivity (Wildman–Crippen MR) is 90.6 cm³/mol. The summed E-state index contributed by atoms with van der Waals surface area (Å²) < 4.78 is 0. The van der Waals surface area contributed by atoms with E-state index in [2.05, 4.69) is 66.3 Å². The summed E-state index contributed by atoms with van der Waals surface area (Å²) in [6.07, 6.45) is 2.42. The topological polar surface area (TPSA) is 18.5 Å². The molecule has 0 aliphatic carbocycles. The maximum Gasteiger partial charge on any atom is 0.0479 e. The fraction of sp³-hybridized carbons (Fsp3) is 0.667. The largest absolute Gasteiger partial charge is 0.315 e. The minimum absolute atomic E-state index is 0.526. The zero-order valence-corrected chi connectivity index (χ0v) is 13.9. The van der Waals surface area contributed by atoms with Crippen LogP contribution in [0.3, 0.4) is 0 Å². The molecule has 0 radical (unpaired) electrons. The third kappa shape index (κ3) is 4.53. The number of hydrogen-bond acceptors (Lipinski definition) is 3. The zero-order valence-electron chi connectivity index (χ0n) is 13.9. The second-order valence-corrected chi connectivity index (χ2v) is 6.19. The van der Waals surface area contributed by atoms with Gasteiger partial charge in [0.2, 0.25) is 0 Å². The Morgan fingerprint density at radius 3 is 2.62 bits per heavy atom. The first kappa shape index (κ1) is 16.5. The Hall–Kier alpha value is -0.900. The monoisotopic (exact) mass is 289 g/mol. The Bertz CT molecular complexity index is 393. The SMILES string of the molecule is CCCNCC(CC)N1CCN(C)CC1c1ccccc1. The van der Waals surface area contributed by atoms with E-state index in [1.807, 2.05) is 0 Å². The summed E-state index contributed by atoms with van der Waals surface area (Å²) in [5, 5.41) is 3.61. The number of hydrogen-bond donors (Lipinski definition) is 1. The highest BCUT2D eigenvalue weighted by molar-refractivity contribution is 5.20. The predicted octanol–water partition coefficient (Wildman–Crippen LogP) is 2.75. The van der Waals surface area contributed by atoms with Crippen LogP contribution < -0.4 is 5.32 Å². The first-order valence-electron chi connectivity index (χ1n) is 8.46. The van der Waals surface area contributed by atoms with Gasteiger partial charge in [-0.2, -0.15) is 0 Å². The molecule has 1 heterocycles. The Balaban J connectivity index is 2.09. The quantitative estimate of drug-likeness (QED) is 0.779. The molecule has 1 fully saturated rings. The van der Waals surface area contributed by atoms with Crippen LogP contribution in [0.1, 0.15) is 38.3 Å². The zero-order chi connectivity index (χ0) is 15.1. The van der Waals surface area contributed by atoms with Gasteiger partial charge in [-0.05, 0) is 32.0 Å². The lowest BCUT2D eigenvalue weighted by Crippen LogP contribution is -2.53. The fourth-order valence-corrected chi connectivity index (χ4v) is 3.28. The van der Waals surface area contributed by atoms with E-state index in [1.54, 1.807) is 0 Å². The van der Waals surface area contributed by atoms with E-state index in [1.165, 1.54) is 31.5 Å². The normalized spacial score (nSPS) is 22.3. The molecule has 0 saturated carbocycles. The molecule has 1 aliphatic heterocycles. The van der Waals surface area contributed by atoms with E-state index >= 15 is 0 Å². The van der Waals surface area contributed by atoms with Crippen LogP contribution in [0.4, 0.5) is 0 Å². The standard InChI is InChI=1S/C18H31N3/c1-4-11-19-14-17(5-2)21-13-12-20(3)15-18(21)16-9-7-6-8-10-16/h6-10,17-19H,4-5,11-15H2,1-3H3. The molecule has 2 atom stereocenters. The average Bonchev–Trinajstić information content (AvgIpc) is 2.53. The highest BCUT2D eigenvalue weighted by Crippen LogP contribution is 2.27. The summed E-state index contributed by atoms with van der Waals surface area (Å²) in [5.74, 6) is 0. The number of likely N-dealkylation sites (N-methyl/N-ethyl adjacent to an activating group) is 1. The average molecular weight is 289 g/mol. The Labute approximate surface area is 130 Å². The van der Waals surface area contributed by atoms with E-state index in [4.69, 9.17) is 0 Å². The summed E-state index contributed by atoms with van der Waals surface area (Å²) in [6, 6.07) is 12.2. The molecule has 2 rings (SSSR count). The van der Waals surface area contributed by atoms with Crippen molar-refractivity contribution in [1.82, 2.24) is 15.1 Å². The number of piperazine rings is 1. The smallest absolute Gasteiger partial charge is 0.0479 e. The number of nitrogens with zero attached hydrogens (tertiary/aromatic N) is 2. The number of rotatable bonds is 7. The van der Waals surface area contributed by atoms with Gasteiger partial charge in [0, 0.05) is 38.3 Å². The molecule has 3 heteroatoms. The molecular weight excluding hydrogens is 258 g/mol. The fourth-order valence-electron chi connectivity index (χ4n) is 3.28. The van der Waals surface area contributed by atoms with Crippen LogP contribution in [0.15, 0.2) is 30.3 Å². The molecule has 0 bridgehead atoms. The van der Waals surface area contributed by atoms with Crippen LogP contribution in [0.2, 0.25) is 0 Å². The molecule has 1 N–H and O–H groups in total. The van der Waals surface area contributed by atoms with Crippen molar-refractivity contribution < 1.29 is 0 Å². The highest BCUT2D eigenvalue weighted by Gasteiger charge is 2.30. The molecule has 0 amide bonds. The van der Waals surface area contributed by atoms with Crippen LogP contribution >= 0.6 is 0 Å². The van der Waals surface area contributed by atoms with Crippen molar-refractivity contribution in [2.75, 3.05) is 39.8 Å². The van der Waals surface area contributed by atoms with Gasteiger partial charge in [0.05, 0.1) is 0 Å². The molecule has 1 aliphatic rings. The first-order chi connectivity index (χ1) is 10.3. The number of nitrogens with one attached hydrogen (secondary N) is 1. The minimum atomic E-state index is 0.526. The summed E-state index contributed by atoms with van der Waals surface area (Å²) in [5.41, 5.74) is 1.46. The molecule has 1 saturated heterocycles. The maximum atomic E-state index is 3.61. The van der Waals surface area contributed by atoms with E-state index in [-0.39, 0.29) is 0 Å². The van der Waals surface area contributed by atoms with Crippen molar-refractivity contribution in [2.45, 2.75) is 38.8 Å². The molecule has 3 nitrogen and oxygen atoms in total. The van der Waals surface area contributed by atoms with Gasteiger partial charge in [-0.1, -0.05) is 44.2 Å². The third-order valence-corrected chi connectivity index (χ3v) is 4.56. The van der Waals surface area contributed by atoms with Gasteiger partial charge < -0.3 is 10.2 Å². The van der Waals surface area contributed by atoms with Crippen molar-refractivity contribution in [3.8, 4) is 0 Å². The molecule has 1 aromatic carbocycles. The van der Waals surface area contributed by atoms with Crippen molar-refractivity contribution in [3.63, 3.8) is 0 Å². The van der Waals surface area contributed by atoms with Gasteiger partial charge in [-0.25, -0.2) is 0 Å². The van der Waals surface area contributed by atoms with E-state index < -0.39 is 0 Å². The first-order valence-corrected chi connectivity index (χ1v) is 8.46. The summed E-state index contributed by atoms with van der Waals surface area (Å²) in [6.45, 7) is 10.3. The molecule has 21 heavy (non-hydrogen) atoms. The Morgan fingerprint density at radius 2 is 1.95 bits per heavy atom. The lowest BCUT2D eigenvalue weighted by atomic mass is 9.99. The lowest BCUT2D eigenvalue weighted by Gasteiger charge is -2.44. The van der Waals surface area contributed by atoms with Gasteiger partial charge in [-0.15, -0.1) is 0 Å². The van der Waals surface area contributed by atoms with Crippen LogP contribution in [-0.2, 0) is 0 Å². The van der Waals surface area contributed by atoms with Gasteiger partial charge in [0.1, 0.15) is 0 Å². The molecule has 0 aromatic heterocycles. The maximum absolute atomic E-state index is 3.61. The summed E-state index contributed by atoms with van der Waals surface area (Å²) in [7, 11) is 2.24. The van der Waals surface area contributed by atoms with Crippen LogP contribution in [0.25, 0.3) is 0 Å². The van der Waals surface area contributed by atoms with Crippen molar-refractivity contribution >= 4 is 0 Å². The van der Waals surface area contributed by atoms with Crippen LogP contribution in [-0.4, -0.2) is 55.6 Å². The molecule has 2 unspecified atom stereocenters. The van der Waals surface area contributed by atoms with E-state index in [9.17, 15) is 0 Å².